The van der Waals surface area contributed by atoms with E-state index in [2.05, 4.69) is 10.3 Å². The second-order valence-corrected chi connectivity index (χ2v) is 4.96. The average Bonchev–Trinajstić information content (AvgIpc) is 2.84. The molecule has 6 nitrogen and oxygen atoms in total. The second kappa shape index (κ2) is 5.40. The number of carbonyl (C=O) groups is 1. The van der Waals surface area contributed by atoms with Gasteiger partial charge in [-0.2, -0.15) is 0 Å². The molecule has 1 aliphatic heterocycles. The van der Waals surface area contributed by atoms with E-state index in [1.807, 2.05) is 24.3 Å². The molecule has 21 heavy (non-hydrogen) atoms. The molecule has 108 valence electrons. The highest BCUT2D eigenvalue weighted by atomic mass is 16.5. The third-order valence-electron chi connectivity index (χ3n) is 3.51. The quantitative estimate of drug-likeness (QED) is 0.645. The number of rotatable bonds is 1. The van der Waals surface area contributed by atoms with Crippen LogP contribution in [0, 0.1) is 6.92 Å². The van der Waals surface area contributed by atoms with Crippen molar-refractivity contribution in [3.8, 4) is 0 Å². The summed E-state index contributed by atoms with van der Waals surface area (Å²) in [5.41, 5.74) is 2.75. The molecule has 0 unspecified atom stereocenters. The Balaban J connectivity index is 2.04. The van der Waals surface area contributed by atoms with Crippen LogP contribution in [0.4, 0.5) is 5.69 Å². The molecular formula is C15H15N3O3. The molecule has 0 atom stereocenters. The minimum absolute atomic E-state index is 0.215. The fraction of sp³-hybridized carbons (Fsp3) is 0.267. The fourth-order valence-electron chi connectivity index (χ4n) is 2.52. The van der Waals surface area contributed by atoms with Crippen LogP contribution < -0.4 is 4.90 Å². The molecule has 0 radical (unpaired) electrons. The van der Waals surface area contributed by atoms with E-state index in [9.17, 15) is 4.79 Å². The number of anilines is 1. The van der Waals surface area contributed by atoms with E-state index < -0.39 is 0 Å². The molecule has 1 N–H and O–H groups in total. The highest BCUT2D eigenvalue weighted by Crippen LogP contribution is 2.28. The Hall–Kier alpha value is -2.63. The Morgan fingerprint density at radius 3 is 2.95 bits per heavy atom. The van der Waals surface area contributed by atoms with Gasteiger partial charge in [0, 0.05) is 18.2 Å². The zero-order chi connectivity index (χ0) is 14.8. The van der Waals surface area contributed by atoms with Gasteiger partial charge in [-0.15, -0.1) is 0 Å². The number of nitrogens with zero attached hydrogens (tertiary/aromatic N) is 3. The van der Waals surface area contributed by atoms with Crippen molar-refractivity contribution in [2.24, 2.45) is 5.16 Å². The Labute approximate surface area is 121 Å². The first-order valence-corrected chi connectivity index (χ1v) is 6.76. The summed E-state index contributed by atoms with van der Waals surface area (Å²) >= 11 is 0. The first-order chi connectivity index (χ1) is 10.2. The van der Waals surface area contributed by atoms with Crippen LogP contribution in [0.1, 0.15) is 34.7 Å². The minimum atomic E-state index is -0.234. The maximum atomic E-state index is 12.6. The average molecular weight is 285 g/mol. The van der Waals surface area contributed by atoms with E-state index in [1.54, 1.807) is 17.9 Å². The molecule has 6 heteroatoms. The van der Waals surface area contributed by atoms with Crippen molar-refractivity contribution < 1.29 is 14.5 Å². The SMILES string of the molecule is Cc1cc(C(=O)N2CCC/C(=N/O)c3ccccc32)on1. The summed E-state index contributed by atoms with van der Waals surface area (Å²) in [7, 11) is 0. The Morgan fingerprint density at radius 1 is 1.43 bits per heavy atom. The number of carbonyl (C=O) groups excluding carboxylic acids is 1. The van der Waals surface area contributed by atoms with Crippen LogP contribution in [-0.2, 0) is 0 Å². The molecule has 0 aliphatic carbocycles. The first kappa shape index (κ1) is 13.4. The number of hydrogen-bond acceptors (Lipinski definition) is 5. The normalized spacial score (nSPS) is 16.6. The molecule has 3 rings (SSSR count). The number of aromatic nitrogens is 1. The third-order valence-corrected chi connectivity index (χ3v) is 3.51. The number of aryl methyl sites for hydroxylation is 1. The summed E-state index contributed by atoms with van der Waals surface area (Å²) in [4.78, 5) is 14.3. The molecule has 2 heterocycles. The predicted molar refractivity (Wildman–Crippen MR) is 76.9 cm³/mol. The van der Waals surface area contributed by atoms with Gasteiger partial charge in [0.05, 0.1) is 17.1 Å². The van der Waals surface area contributed by atoms with Crippen molar-refractivity contribution in [2.45, 2.75) is 19.8 Å². The number of para-hydroxylation sites is 1. The summed E-state index contributed by atoms with van der Waals surface area (Å²) in [5, 5.41) is 16.3. The van der Waals surface area contributed by atoms with Crippen LogP contribution in [0.25, 0.3) is 0 Å². The molecule has 0 saturated heterocycles. The van der Waals surface area contributed by atoms with Gasteiger partial charge >= 0.3 is 0 Å². The molecule has 0 fully saturated rings. The molecule has 1 aliphatic rings. The molecule has 0 bridgehead atoms. The van der Waals surface area contributed by atoms with Crippen LogP contribution >= 0.6 is 0 Å². The summed E-state index contributed by atoms with van der Waals surface area (Å²) in [6.07, 6.45) is 1.33. The maximum absolute atomic E-state index is 12.6. The lowest BCUT2D eigenvalue weighted by Gasteiger charge is -2.21. The summed E-state index contributed by atoms with van der Waals surface area (Å²) < 4.78 is 5.07. The minimum Gasteiger partial charge on any atom is -0.411 e. The standard InChI is InChI=1S/C15H15N3O3/c1-10-9-14(21-17-10)15(19)18-8-4-6-12(16-20)11-5-2-3-7-13(11)18/h2-3,5,7,9,20H,4,6,8H2,1H3/b16-12-. The first-order valence-electron chi connectivity index (χ1n) is 6.76. The van der Waals surface area contributed by atoms with E-state index >= 15 is 0 Å². The van der Waals surface area contributed by atoms with E-state index in [4.69, 9.17) is 9.73 Å². The molecule has 0 saturated carbocycles. The Morgan fingerprint density at radius 2 is 2.24 bits per heavy atom. The molecular weight excluding hydrogens is 270 g/mol. The maximum Gasteiger partial charge on any atom is 0.296 e. The van der Waals surface area contributed by atoms with Gasteiger partial charge in [0.15, 0.2) is 0 Å². The van der Waals surface area contributed by atoms with Crippen molar-refractivity contribution in [3.63, 3.8) is 0 Å². The van der Waals surface area contributed by atoms with Gasteiger partial charge in [-0.25, -0.2) is 0 Å². The number of oxime groups is 1. The smallest absolute Gasteiger partial charge is 0.296 e. The molecule has 1 aromatic heterocycles. The van der Waals surface area contributed by atoms with E-state index in [0.29, 0.717) is 30.8 Å². The molecule has 2 aromatic rings. The summed E-state index contributed by atoms with van der Waals surface area (Å²) in [5.74, 6) is -0.0195. The number of benzene rings is 1. The van der Waals surface area contributed by atoms with Crippen LogP contribution in [-0.4, -0.2) is 28.5 Å². The number of fused-ring (bicyclic) bond motifs is 1. The number of hydrogen-bond donors (Lipinski definition) is 1. The zero-order valence-electron chi connectivity index (χ0n) is 11.6. The van der Waals surface area contributed by atoms with Crippen molar-refractivity contribution in [2.75, 3.05) is 11.4 Å². The lowest BCUT2D eigenvalue weighted by molar-refractivity contribution is 0.0951. The van der Waals surface area contributed by atoms with Crippen LogP contribution in [0.15, 0.2) is 40.0 Å². The molecule has 1 aromatic carbocycles. The van der Waals surface area contributed by atoms with Crippen molar-refractivity contribution >= 4 is 17.3 Å². The van der Waals surface area contributed by atoms with Gasteiger partial charge < -0.3 is 14.6 Å². The van der Waals surface area contributed by atoms with E-state index in [-0.39, 0.29) is 11.7 Å². The van der Waals surface area contributed by atoms with Gasteiger partial charge in [-0.1, -0.05) is 28.5 Å². The van der Waals surface area contributed by atoms with Crippen LogP contribution in [0.5, 0.6) is 0 Å². The summed E-state index contributed by atoms with van der Waals surface area (Å²) in [6.45, 7) is 2.31. The van der Waals surface area contributed by atoms with E-state index in [0.717, 1.165) is 11.3 Å². The monoisotopic (exact) mass is 285 g/mol. The largest absolute Gasteiger partial charge is 0.411 e. The lowest BCUT2D eigenvalue weighted by atomic mass is 10.1. The number of amides is 1. The van der Waals surface area contributed by atoms with Gasteiger partial charge in [0.25, 0.3) is 5.91 Å². The van der Waals surface area contributed by atoms with Gasteiger partial charge in [0.2, 0.25) is 5.76 Å². The van der Waals surface area contributed by atoms with Crippen LogP contribution in [0.2, 0.25) is 0 Å². The lowest BCUT2D eigenvalue weighted by Crippen LogP contribution is -2.31. The Bertz CT molecular complexity index is 706. The van der Waals surface area contributed by atoms with Crippen molar-refractivity contribution in [3.05, 3.63) is 47.3 Å². The highest BCUT2D eigenvalue weighted by Gasteiger charge is 2.27. The van der Waals surface area contributed by atoms with Gasteiger partial charge in [-0.3, -0.25) is 4.79 Å². The van der Waals surface area contributed by atoms with Crippen molar-refractivity contribution in [1.82, 2.24) is 5.16 Å². The molecule has 1 amide bonds. The van der Waals surface area contributed by atoms with E-state index in [1.165, 1.54) is 0 Å². The highest BCUT2D eigenvalue weighted by molar-refractivity contribution is 6.12. The predicted octanol–water partition coefficient (Wildman–Crippen LogP) is 2.60. The second-order valence-electron chi connectivity index (χ2n) is 4.96. The van der Waals surface area contributed by atoms with Crippen LogP contribution in [0.3, 0.4) is 0 Å². The summed E-state index contributed by atoms with van der Waals surface area (Å²) in [6, 6.07) is 9.02. The van der Waals surface area contributed by atoms with Gasteiger partial charge in [-0.05, 0) is 25.8 Å². The zero-order valence-corrected chi connectivity index (χ0v) is 11.6. The van der Waals surface area contributed by atoms with Crippen molar-refractivity contribution in [1.29, 1.82) is 0 Å². The Kier molecular flexibility index (Phi) is 3.43. The fourth-order valence-corrected chi connectivity index (χ4v) is 2.52. The van der Waals surface area contributed by atoms with Gasteiger partial charge in [0.1, 0.15) is 0 Å². The third kappa shape index (κ3) is 2.40. The topological polar surface area (TPSA) is 78.9 Å². The molecule has 0 spiro atoms.